The second-order valence-electron chi connectivity index (χ2n) is 18.9. The molecule has 0 aliphatic carbocycles. The largest absolute Gasteiger partial charge is 0.462 e. The van der Waals surface area contributed by atoms with E-state index in [9.17, 15) is 14.4 Å². The number of ether oxygens (including phenoxy) is 3. The number of carbonyl (C=O) groups excluding carboxylic acids is 3. The highest BCUT2D eigenvalue weighted by Gasteiger charge is 2.19. The van der Waals surface area contributed by atoms with Crippen LogP contribution in [0.3, 0.4) is 0 Å². The quantitative estimate of drug-likeness (QED) is 0.0344. The van der Waals surface area contributed by atoms with Gasteiger partial charge in [-0.25, -0.2) is 0 Å². The molecule has 0 N–H and O–H groups in total. The predicted octanol–water partition coefficient (Wildman–Crippen LogP) is 18.0. The van der Waals surface area contributed by atoms with E-state index in [1.165, 1.54) is 218 Å². The van der Waals surface area contributed by atoms with Crippen molar-refractivity contribution in [3.8, 4) is 0 Å². The normalized spacial score (nSPS) is 11.9. The topological polar surface area (TPSA) is 78.9 Å². The molecule has 61 heavy (non-hydrogen) atoms. The molecule has 0 radical (unpaired) electrons. The molecule has 0 amide bonds. The summed E-state index contributed by atoms with van der Waals surface area (Å²) in [5.41, 5.74) is 0. The summed E-state index contributed by atoms with van der Waals surface area (Å²) < 4.78 is 16.9. The van der Waals surface area contributed by atoms with Crippen molar-refractivity contribution in [1.29, 1.82) is 0 Å². The van der Waals surface area contributed by atoms with Gasteiger partial charge in [0, 0.05) is 19.3 Å². The third kappa shape index (κ3) is 49.3. The number of carbonyl (C=O) groups is 3. The highest BCUT2D eigenvalue weighted by atomic mass is 16.6. The van der Waals surface area contributed by atoms with E-state index >= 15 is 0 Å². The number of rotatable bonds is 51. The molecule has 0 aromatic heterocycles. The third-order valence-electron chi connectivity index (χ3n) is 12.6. The first kappa shape index (κ1) is 59.4. The number of unbranched alkanes of at least 4 members (excludes halogenated alkanes) is 40. The second kappa shape index (κ2) is 51.0. The fraction of sp³-hybridized carbons (Fsp3) is 0.945. The summed E-state index contributed by atoms with van der Waals surface area (Å²) in [7, 11) is 0. The van der Waals surface area contributed by atoms with Crippen molar-refractivity contribution < 1.29 is 28.6 Å². The number of hydrogen-bond donors (Lipinski definition) is 0. The first-order valence-corrected chi connectivity index (χ1v) is 27.5. The minimum atomic E-state index is -0.760. The lowest BCUT2D eigenvalue weighted by Crippen LogP contribution is -2.30. The van der Waals surface area contributed by atoms with Crippen LogP contribution in [0.15, 0.2) is 0 Å². The SMILES string of the molecule is CCCCCCCCCCCCCCCCCC(=O)OC[C@@H](COC(=O)CCCCCCCCCCCCCCCC)OC(=O)CCCCCCCCCCCCCCCC. The molecule has 0 saturated heterocycles. The summed E-state index contributed by atoms with van der Waals surface area (Å²) in [5, 5.41) is 0. The molecule has 1 atom stereocenters. The van der Waals surface area contributed by atoms with Gasteiger partial charge in [0.15, 0.2) is 6.10 Å². The van der Waals surface area contributed by atoms with Gasteiger partial charge < -0.3 is 14.2 Å². The Bertz CT molecular complexity index is 905. The van der Waals surface area contributed by atoms with Crippen molar-refractivity contribution in [3.05, 3.63) is 0 Å². The van der Waals surface area contributed by atoms with Crippen LogP contribution in [-0.2, 0) is 28.6 Å². The number of esters is 3. The summed E-state index contributed by atoms with van der Waals surface area (Å²) in [4.78, 5) is 38.0. The van der Waals surface area contributed by atoms with Crippen LogP contribution in [0.1, 0.15) is 316 Å². The first-order chi connectivity index (χ1) is 30.0. The van der Waals surface area contributed by atoms with Gasteiger partial charge in [-0.1, -0.05) is 278 Å². The van der Waals surface area contributed by atoms with Gasteiger partial charge in [-0.15, -0.1) is 0 Å². The molecule has 362 valence electrons. The summed E-state index contributed by atoms with van der Waals surface area (Å²) >= 11 is 0. The summed E-state index contributed by atoms with van der Waals surface area (Å²) in [5.74, 6) is -0.835. The molecule has 0 aliphatic rings. The van der Waals surface area contributed by atoms with Crippen LogP contribution in [0.5, 0.6) is 0 Å². The zero-order chi connectivity index (χ0) is 44.4. The van der Waals surface area contributed by atoms with Gasteiger partial charge in [0.1, 0.15) is 13.2 Å². The first-order valence-electron chi connectivity index (χ1n) is 27.5. The van der Waals surface area contributed by atoms with Crippen LogP contribution in [0.2, 0.25) is 0 Å². The van der Waals surface area contributed by atoms with E-state index in [1.807, 2.05) is 0 Å². The van der Waals surface area contributed by atoms with Crippen molar-refractivity contribution in [2.45, 2.75) is 322 Å². The molecule has 0 unspecified atom stereocenters. The molecule has 6 heteroatoms. The van der Waals surface area contributed by atoms with Crippen LogP contribution in [0, 0.1) is 0 Å². The maximum Gasteiger partial charge on any atom is 0.306 e. The smallest absolute Gasteiger partial charge is 0.306 e. The van der Waals surface area contributed by atoms with Crippen molar-refractivity contribution >= 4 is 17.9 Å². The Kier molecular flexibility index (Phi) is 49.7. The van der Waals surface area contributed by atoms with E-state index in [0.717, 1.165) is 57.8 Å². The van der Waals surface area contributed by atoms with Gasteiger partial charge in [0.2, 0.25) is 0 Å². The molecule has 0 aromatic rings. The van der Waals surface area contributed by atoms with Gasteiger partial charge in [-0.3, -0.25) is 14.4 Å². The summed E-state index contributed by atoms with van der Waals surface area (Å²) in [6.07, 6.45) is 55.1. The monoisotopic (exact) mass is 863 g/mol. The van der Waals surface area contributed by atoms with Gasteiger partial charge >= 0.3 is 17.9 Å². The molecule has 0 aliphatic heterocycles. The van der Waals surface area contributed by atoms with Gasteiger partial charge in [-0.05, 0) is 19.3 Å². The molecule has 0 heterocycles. The van der Waals surface area contributed by atoms with Gasteiger partial charge in [-0.2, -0.15) is 0 Å². The minimum Gasteiger partial charge on any atom is -0.462 e. The van der Waals surface area contributed by atoms with Crippen LogP contribution >= 0.6 is 0 Å². The number of hydrogen-bond acceptors (Lipinski definition) is 6. The average molecular weight is 863 g/mol. The van der Waals surface area contributed by atoms with Gasteiger partial charge in [0.25, 0.3) is 0 Å². The van der Waals surface area contributed by atoms with E-state index in [1.54, 1.807) is 0 Å². The van der Waals surface area contributed by atoms with Crippen molar-refractivity contribution in [1.82, 2.24) is 0 Å². The Morgan fingerprint density at radius 3 is 0.656 bits per heavy atom. The van der Waals surface area contributed by atoms with Crippen LogP contribution < -0.4 is 0 Å². The van der Waals surface area contributed by atoms with E-state index < -0.39 is 6.10 Å². The summed E-state index contributed by atoms with van der Waals surface area (Å²) in [6, 6.07) is 0. The predicted molar refractivity (Wildman–Crippen MR) is 261 cm³/mol. The summed E-state index contributed by atoms with van der Waals surface area (Å²) in [6.45, 7) is 6.70. The Balaban J connectivity index is 4.30. The average Bonchev–Trinajstić information content (AvgIpc) is 3.26. The lowest BCUT2D eigenvalue weighted by molar-refractivity contribution is -0.167. The van der Waals surface area contributed by atoms with Gasteiger partial charge in [0.05, 0.1) is 0 Å². The molecular formula is C55H106O6. The third-order valence-corrected chi connectivity index (χ3v) is 12.6. The molecule has 0 aromatic carbocycles. The molecule has 0 bridgehead atoms. The Morgan fingerprint density at radius 1 is 0.262 bits per heavy atom. The maximum absolute atomic E-state index is 12.8. The van der Waals surface area contributed by atoms with Crippen LogP contribution in [0.25, 0.3) is 0 Å². The van der Waals surface area contributed by atoms with E-state index in [-0.39, 0.29) is 31.1 Å². The standard InChI is InChI=1S/C55H106O6/c1-4-7-10-13-16-19-22-25-28-31-33-36-39-42-45-48-54(57)60-51-52(61-55(58)49-46-43-40-37-34-30-27-24-21-18-15-12-9-6-3)50-59-53(56)47-44-41-38-35-32-29-26-23-20-17-14-11-8-5-2/h52H,4-51H2,1-3H3/t52-/m1/s1. The van der Waals surface area contributed by atoms with E-state index in [4.69, 9.17) is 14.2 Å². The van der Waals surface area contributed by atoms with Crippen molar-refractivity contribution in [2.24, 2.45) is 0 Å². The minimum absolute atomic E-state index is 0.0613. The molecule has 0 spiro atoms. The molecule has 0 saturated carbocycles. The van der Waals surface area contributed by atoms with Crippen molar-refractivity contribution in [2.75, 3.05) is 13.2 Å². The molecule has 0 rings (SSSR count). The maximum atomic E-state index is 12.8. The lowest BCUT2D eigenvalue weighted by Gasteiger charge is -2.18. The zero-order valence-corrected chi connectivity index (χ0v) is 41.5. The molecule has 6 nitrogen and oxygen atoms in total. The second-order valence-corrected chi connectivity index (χ2v) is 18.9. The highest BCUT2D eigenvalue weighted by Crippen LogP contribution is 2.17. The fourth-order valence-corrected chi connectivity index (χ4v) is 8.45. The Morgan fingerprint density at radius 2 is 0.443 bits per heavy atom. The zero-order valence-electron chi connectivity index (χ0n) is 41.5. The van der Waals surface area contributed by atoms with Crippen LogP contribution in [-0.4, -0.2) is 37.2 Å². The highest BCUT2D eigenvalue weighted by molar-refractivity contribution is 5.71. The lowest BCUT2D eigenvalue weighted by atomic mass is 10.0. The van der Waals surface area contributed by atoms with Crippen molar-refractivity contribution in [3.63, 3.8) is 0 Å². The van der Waals surface area contributed by atoms with Crippen LogP contribution in [0.4, 0.5) is 0 Å². The fourth-order valence-electron chi connectivity index (χ4n) is 8.45. The van der Waals surface area contributed by atoms with E-state index in [0.29, 0.717) is 19.3 Å². The molecular weight excluding hydrogens is 757 g/mol. The Labute approximate surface area is 380 Å². The van der Waals surface area contributed by atoms with E-state index in [2.05, 4.69) is 20.8 Å². The molecule has 0 fully saturated rings. The Hall–Kier alpha value is -1.59.